The highest BCUT2D eigenvalue weighted by molar-refractivity contribution is 7.17. The largest absolute Gasteiger partial charge is 0.497 e. The molecular weight excluding hydrogens is 392 g/mol. The summed E-state index contributed by atoms with van der Waals surface area (Å²) in [6, 6.07) is 7.67. The lowest BCUT2D eigenvalue weighted by Gasteiger charge is -2.36. The average Bonchev–Trinajstić information content (AvgIpc) is 3.25. The molecule has 1 aliphatic rings. The Labute approximate surface area is 172 Å². The van der Waals surface area contributed by atoms with Crippen molar-refractivity contribution in [2.45, 2.75) is 25.8 Å². The van der Waals surface area contributed by atoms with Crippen molar-refractivity contribution in [2.24, 2.45) is 5.92 Å². The van der Waals surface area contributed by atoms with Crippen LogP contribution in [-0.2, 0) is 9.53 Å². The molecule has 1 fully saturated rings. The van der Waals surface area contributed by atoms with Crippen LogP contribution in [0, 0.1) is 12.8 Å². The first kappa shape index (κ1) is 19.7. The number of fused-ring (bicyclic) bond motifs is 1. The number of aryl methyl sites for hydroxylation is 1. The fourth-order valence-corrected chi connectivity index (χ4v) is 5.09. The van der Waals surface area contributed by atoms with E-state index in [4.69, 9.17) is 9.47 Å². The van der Waals surface area contributed by atoms with Crippen LogP contribution in [0.1, 0.15) is 35.1 Å². The van der Waals surface area contributed by atoms with Crippen molar-refractivity contribution in [3.63, 3.8) is 0 Å². The molecule has 3 aromatic rings. The van der Waals surface area contributed by atoms with Crippen molar-refractivity contribution in [3.05, 3.63) is 40.5 Å². The summed E-state index contributed by atoms with van der Waals surface area (Å²) in [7, 11) is 3.07. The molecule has 1 aliphatic heterocycles. The molecule has 3 heterocycles. The number of carbonyl (C=O) groups is 1. The highest BCUT2D eigenvalue weighted by atomic mass is 32.1. The van der Waals surface area contributed by atoms with Crippen LogP contribution in [0.3, 0.4) is 0 Å². The first-order chi connectivity index (χ1) is 14.0. The molecule has 1 N–H and O–H groups in total. The second-order valence-corrected chi connectivity index (χ2v) is 8.16. The normalized spacial score (nSPS) is 16.8. The molecule has 0 bridgehead atoms. The number of esters is 1. The summed E-state index contributed by atoms with van der Waals surface area (Å²) in [4.78, 5) is 20.0. The monoisotopic (exact) mass is 416 g/mol. The third-order valence-electron chi connectivity index (χ3n) is 5.39. The predicted octanol–water partition coefficient (Wildman–Crippen LogP) is 2.79. The maximum atomic E-state index is 11.9. The Bertz CT molecular complexity index is 1020. The quantitative estimate of drug-likeness (QED) is 0.640. The number of ether oxygens (including phenoxy) is 2. The van der Waals surface area contributed by atoms with E-state index in [0.29, 0.717) is 36.7 Å². The van der Waals surface area contributed by atoms with Crippen molar-refractivity contribution in [2.75, 3.05) is 27.3 Å². The zero-order chi connectivity index (χ0) is 20.5. The highest BCUT2D eigenvalue weighted by Gasteiger charge is 2.34. The molecular formula is C20H24N4O4S. The van der Waals surface area contributed by atoms with Gasteiger partial charge in [0.2, 0.25) is 10.8 Å². The first-order valence-electron chi connectivity index (χ1n) is 9.52. The van der Waals surface area contributed by atoms with Gasteiger partial charge in [-0.15, -0.1) is 5.10 Å². The number of benzene rings is 1. The minimum absolute atomic E-state index is 0.0826. The molecule has 8 nitrogen and oxygen atoms in total. The minimum atomic E-state index is -0.183. The van der Waals surface area contributed by atoms with Gasteiger partial charge in [0.15, 0.2) is 0 Å². The number of nitrogens with zero attached hydrogens (tertiary/aromatic N) is 4. The van der Waals surface area contributed by atoms with E-state index in [9.17, 15) is 9.90 Å². The number of aromatic hydroxyl groups is 1. The molecule has 1 aromatic carbocycles. The van der Waals surface area contributed by atoms with Gasteiger partial charge in [0.1, 0.15) is 11.6 Å². The SMILES string of the molecule is COC(=O)C1CCN(C(c2cccc(OC)c2)c2sc3nc(C)nn3c2O)CC1. The Morgan fingerprint density at radius 1 is 1.31 bits per heavy atom. The summed E-state index contributed by atoms with van der Waals surface area (Å²) in [5.41, 5.74) is 1.01. The number of hydrogen-bond donors (Lipinski definition) is 1. The number of hydrogen-bond acceptors (Lipinski definition) is 8. The number of aromatic nitrogens is 3. The van der Waals surface area contributed by atoms with E-state index in [1.807, 2.05) is 24.3 Å². The fraction of sp³-hybridized carbons (Fsp3) is 0.450. The maximum absolute atomic E-state index is 11.9. The molecule has 1 unspecified atom stereocenters. The van der Waals surface area contributed by atoms with Crippen molar-refractivity contribution >= 4 is 22.3 Å². The fourth-order valence-electron chi connectivity index (χ4n) is 3.93. The van der Waals surface area contributed by atoms with Gasteiger partial charge in [0, 0.05) is 0 Å². The molecule has 4 rings (SSSR count). The highest BCUT2D eigenvalue weighted by Crippen LogP contribution is 2.42. The molecule has 154 valence electrons. The molecule has 0 saturated carbocycles. The zero-order valence-electron chi connectivity index (χ0n) is 16.7. The lowest BCUT2D eigenvalue weighted by Crippen LogP contribution is -2.39. The van der Waals surface area contributed by atoms with E-state index < -0.39 is 0 Å². The smallest absolute Gasteiger partial charge is 0.308 e. The van der Waals surface area contributed by atoms with Crippen LogP contribution in [0.5, 0.6) is 11.6 Å². The second-order valence-electron chi connectivity index (χ2n) is 7.16. The van der Waals surface area contributed by atoms with Crippen LogP contribution < -0.4 is 4.74 Å². The van der Waals surface area contributed by atoms with Crippen molar-refractivity contribution in [1.29, 1.82) is 0 Å². The van der Waals surface area contributed by atoms with Crippen LogP contribution in [-0.4, -0.2) is 57.9 Å². The number of methoxy groups -OCH3 is 2. The van der Waals surface area contributed by atoms with Crippen molar-refractivity contribution in [1.82, 2.24) is 19.5 Å². The van der Waals surface area contributed by atoms with Crippen LogP contribution in [0.2, 0.25) is 0 Å². The van der Waals surface area contributed by atoms with Crippen molar-refractivity contribution in [3.8, 4) is 11.6 Å². The molecule has 1 saturated heterocycles. The van der Waals surface area contributed by atoms with Crippen LogP contribution >= 0.6 is 11.3 Å². The Morgan fingerprint density at radius 2 is 2.07 bits per heavy atom. The Kier molecular flexibility index (Phi) is 5.42. The van der Waals surface area contributed by atoms with Crippen molar-refractivity contribution < 1.29 is 19.4 Å². The zero-order valence-corrected chi connectivity index (χ0v) is 17.5. The lowest BCUT2D eigenvalue weighted by molar-refractivity contribution is -0.147. The summed E-state index contributed by atoms with van der Waals surface area (Å²) in [5, 5.41) is 15.2. The summed E-state index contributed by atoms with van der Waals surface area (Å²) in [6.45, 7) is 3.23. The third-order valence-corrected chi connectivity index (χ3v) is 6.47. The van der Waals surface area contributed by atoms with Gasteiger partial charge in [-0.3, -0.25) is 9.69 Å². The van der Waals surface area contributed by atoms with Crippen LogP contribution in [0.25, 0.3) is 4.96 Å². The predicted molar refractivity (Wildman–Crippen MR) is 108 cm³/mol. The summed E-state index contributed by atoms with van der Waals surface area (Å²) in [6.07, 6.45) is 1.43. The number of piperidine rings is 1. The molecule has 0 amide bonds. The Balaban J connectivity index is 1.72. The van der Waals surface area contributed by atoms with Gasteiger partial charge in [-0.05, 0) is 50.6 Å². The molecule has 0 aliphatic carbocycles. The van der Waals surface area contributed by atoms with Gasteiger partial charge in [-0.1, -0.05) is 23.5 Å². The first-order valence-corrected chi connectivity index (χ1v) is 10.3. The van der Waals surface area contributed by atoms with Gasteiger partial charge in [-0.2, -0.15) is 4.52 Å². The van der Waals surface area contributed by atoms with Gasteiger partial charge in [0.05, 0.1) is 31.1 Å². The molecule has 1 atom stereocenters. The van der Waals surface area contributed by atoms with Crippen LogP contribution in [0.15, 0.2) is 24.3 Å². The van der Waals surface area contributed by atoms with E-state index in [1.165, 1.54) is 23.0 Å². The number of likely N-dealkylation sites (tertiary alicyclic amines) is 1. The molecule has 0 spiro atoms. The summed E-state index contributed by atoms with van der Waals surface area (Å²) >= 11 is 1.43. The van der Waals surface area contributed by atoms with E-state index in [2.05, 4.69) is 15.0 Å². The number of thiazole rings is 1. The molecule has 2 aromatic heterocycles. The Hall–Kier alpha value is -2.65. The van der Waals surface area contributed by atoms with Gasteiger partial charge < -0.3 is 14.6 Å². The maximum Gasteiger partial charge on any atom is 0.308 e. The third kappa shape index (κ3) is 3.67. The summed E-state index contributed by atoms with van der Waals surface area (Å²) < 4.78 is 11.8. The molecule has 29 heavy (non-hydrogen) atoms. The lowest BCUT2D eigenvalue weighted by atomic mass is 9.93. The van der Waals surface area contributed by atoms with E-state index in [1.54, 1.807) is 14.0 Å². The molecule has 9 heteroatoms. The average molecular weight is 417 g/mol. The number of carbonyl (C=O) groups excluding carboxylic acids is 1. The van der Waals surface area contributed by atoms with E-state index in [-0.39, 0.29) is 23.8 Å². The van der Waals surface area contributed by atoms with Gasteiger partial charge in [-0.25, -0.2) is 4.98 Å². The summed E-state index contributed by atoms with van der Waals surface area (Å²) in [5.74, 6) is 1.25. The minimum Gasteiger partial charge on any atom is -0.497 e. The second kappa shape index (κ2) is 8.00. The van der Waals surface area contributed by atoms with Gasteiger partial charge in [0.25, 0.3) is 0 Å². The van der Waals surface area contributed by atoms with Gasteiger partial charge >= 0.3 is 5.97 Å². The van der Waals surface area contributed by atoms with Crippen LogP contribution in [0.4, 0.5) is 0 Å². The standard InChI is InChI=1S/C20H24N4O4S/c1-12-21-20-24(22-12)18(25)17(29-20)16(14-5-4-6-15(11-14)27-2)23-9-7-13(8-10-23)19(26)28-3/h4-6,11,13,16,25H,7-10H2,1-3H3. The number of rotatable bonds is 5. The topological polar surface area (TPSA) is 89.2 Å². The Morgan fingerprint density at radius 3 is 2.72 bits per heavy atom. The van der Waals surface area contributed by atoms with E-state index >= 15 is 0 Å². The molecule has 0 radical (unpaired) electrons. The van der Waals surface area contributed by atoms with E-state index in [0.717, 1.165) is 16.2 Å².